The zero-order valence-electron chi connectivity index (χ0n) is 24.3. The number of nitrogens with zero attached hydrogens (tertiary/aromatic N) is 5. The van der Waals surface area contributed by atoms with Gasteiger partial charge in [-0.3, -0.25) is 14.6 Å². The molecule has 2 saturated heterocycles. The van der Waals surface area contributed by atoms with Crippen LogP contribution in [0.1, 0.15) is 22.7 Å². The Morgan fingerprint density at radius 2 is 1.79 bits per heavy atom. The molecule has 3 aromatic rings. The van der Waals surface area contributed by atoms with Crippen molar-refractivity contribution in [2.24, 2.45) is 0 Å². The summed E-state index contributed by atoms with van der Waals surface area (Å²) in [6.07, 6.45) is 1.10. The van der Waals surface area contributed by atoms with Gasteiger partial charge in [-0.05, 0) is 28.8 Å². The lowest BCUT2D eigenvalue weighted by Gasteiger charge is -2.46. The third-order valence-electron chi connectivity index (χ3n) is 8.20. The van der Waals surface area contributed by atoms with E-state index in [1.807, 2.05) is 85.9 Å². The Morgan fingerprint density at radius 3 is 2.53 bits per heavy atom. The molecule has 2 fully saturated rings. The van der Waals surface area contributed by atoms with E-state index >= 15 is 0 Å². The molecule has 0 unspecified atom stereocenters. The van der Waals surface area contributed by atoms with Gasteiger partial charge in [-0.2, -0.15) is 5.01 Å². The van der Waals surface area contributed by atoms with Crippen molar-refractivity contribution in [1.29, 1.82) is 0 Å². The fourth-order valence-electron chi connectivity index (χ4n) is 6.05. The van der Waals surface area contributed by atoms with Crippen molar-refractivity contribution in [3.63, 3.8) is 0 Å². The number of rotatable bonds is 8. The molecule has 3 aliphatic heterocycles. The van der Waals surface area contributed by atoms with Crippen LogP contribution in [0.15, 0.2) is 91.5 Å². The van der Waals surface area contributed by atoms with Gasteiger partial charge < -0.3 is 24.8 Å². The molecule has 10 nitrogen and oxygen atoms in total. The lowest BCUT2D eigenvalue weighted by molar-refractivity contribution is -0.158. The van der Waals surface area contributed by atoms with Gasteiger partial charge in [-0.25, -0.2) is 4.79 Å². The average molecular weight is 581 g/mol. The van der Waals surface area contributed by atoms with E-state index in [4.69, 9.17) is 4.74 Å². The molecule has 0 saturated carbocycles. The maximum Gasteiger partial charge on any atom is 0.332 e. The SMILES string of the molecule is C=CCN(C(=O)NCc1ccccc1)N1CC(=O)N2[C@@H](c3ccccc3)C(=O)N(Cc3ccc4c(c3)OCCN4C)C[C@@H]21. The van der Waals surface area contributed by atoms with Crippen LogP contribution in [0.5, 0.6) is 5.75 Å². The molecule has 0 aliphatic carbocycles. The zero-order chi connectivity index (χ0) is 29.9. The lowest BCUT2D eigenvalue weighted by atomic mass is 10.00. The molecule has 222 valence electrons. The molecule has 3 aliphatic rings. The van der Waals surface area contributed by atoms with Gasteiger partial charge >= 0.3 is 6.03 Å². The Balaban J connectivity index is 1.30. The molecule has 0 spiro atoms. The number of fused-ring (bicyclic) bond motifs is 2. The normalized spacial score (nSPS) is 19.9. The molecule has 6 rings (SSSR count). The van der Waals surface area contributed by atoms with Gasteiger partial charge in [0.05, 0.1) is 31.9 Å². The maximum atomic E-state index is 14.1. The zero-order valence-corrected chi connectivity index (χ0v) is 24.3. The van der Waals surface area contributed by atoms with Gasteiger partial charge in [0.15, 0.2) is 0 Å². The minimum Gasteiger partial charge on any atom is -0.490 e. The minimum absolute atomic E-state index is 0.0270. The number of benzene rings is 3. The third-order valence-corrected chi connectivity index (χ3v) is 8.20. The fraction of sp³-hybridized carbons (Fsp3) is 0.303. The van der Waals surface area contributed by atoms with Crippen LogP contribution in [0.2, 0.25) is 0 Å². The Labute approximate surface area is 251 Å². The van der Waals surface area contributed by atoms with Gasteiger partial charge in [0, 0.05) is 20.1 Å². The van der Waals surface area contributed by atoms with E-state index in [0.29, 0.717) is 19.7 Å². The van der Waals surface area contributed by atoms with E-state index in [1.54, 1.807) is 20.9 Å². The Kier molecular flexibility index (Phi) is 8.02. The van der Waals surface area contributed by atoms with E-state index < -0.39 is 12.2 Å². The fourth-order valence-corrected chi connectivity index (χ4v) is 6.05. The van der Waals surface area contributed by atoms with Crippen molar-refractivity contribution in [2.75, 3.05) is 44.7 Å². The predicted octanol–water partition coefficient (Wildman–Crippen LogP) is 3.38. The predicted molar refractivity (Wildman–Crippen MR) is 163 cm³/mol. The van der Waals surface area contributed by atoms with E-state index in [1.165, 1.54) is 5.01 Å². The van der Waals surface area contributed by atoms with Gasteiger partial charge in [0.2, 0.25) is 5.91 Å². The first-order valence-electron chi connectivity index (χ1n) is 14.5. The Bertz CT molecular complexity index is 1500. The molecule has 0 aromatic heterocycles. The van der Waals surface area contributed by atoms with Crippen molar-refractivity contribution >= 4 is 23.5 Å². The summed E-state index contributed by atoms with van der Waals surface area (Å²) in [5.41, 5.74) is 3.65. The number of piperazine rings is 1. The van der Waals surface area contributed by atoms with Gasteiger partial charge in [0.1, 0.15) is 24.6 Å². The topological polar surface area (TPSA) is 88.7 Å². The number of nitrogens with one attached hydrogen (secondary N) is 1. The number of urea groups is 1. The summed E-state index contributed by atoms with van der Waals surface area (Å²) in [5.74, 6) is 0.432. The van der Waals surface area contributed by atoms with Crippen LogP contribution in [0.4, 0.5) is 10.5 Å². The van der Waals surface area contributed by atoms with Crippen LogP contribution in [-0.2, 0) is 22.7 Å². The molecular weight excluding hydrogens is 544 g/mol. The van der Waals surface area contributed by atoms with Gasteiger partial charge in [0.25, 0.3) is 5.91 Å². The summed E-state index contributed by atoms with van der Waals surface area (Å²) in [7, 11) is 2.03. The quantitative estimate of drug-likeness (QED) is 0.411. The van der Waals surface area contributed by atoms with Gasteiger partial charge in [-0.1, -0.05) is 72.8 Å². The van der Waals surface area contributed by atoms with Crippen molar-refractivity contribution in [2.45, 2.75) is 25.3 Å². The molecule has 2 atom stereocenters. The number of hydrazine groups is 1. The number of amides is 4. The molecule has 0 bridgehead atoms. The number of carbonyl (C=O) groups excluding carboxylic acids is 3. The van der Waals surface area contributed by atoms with E-state index in [9.17, 15) is 14.4 Å². The molecule has 1 N–H and O–H groups in total. The lowest BCUT2D eigenvalue weighted by Crippen LogP contribution is -2.62. The summed E-state index contributed by atoms with van der Waals surface area (Å²) in [6.45, 7) is 6.38. The first kappa shape index (κ1) is 28.3. The van der Waals surface area contributed by atoms with E-state index in [0.717, 1.165) is 34.7 Å². The Hall–Kier alpha value is -4.83. The van der Waals surface area contributed by atoms with Gasteiger partial charge in [-0.15, -0.1) is 6.58 Å². The molecule has 0 radical (unpaired) electrons. The summed E-state index contributed by atoms with van der Waals surface area (Å²) in [4.78, 5) is 46.8. The number of hydrogen-bond acceptors (Lipinski definition) is 6. The highest BCUT2D eigenvalue weighted by Crippen LogP contribution is 2.37. The first-order valence-corrected chi connectivity index (χ1v) is 14.5. The number of carbonyl (C=O) groups is 3. The summed E-state index contributed by atoms with van der Waals surface area (Å²) in [5, 5.41) is 6.27. The third kappa shape index (κ3) is 5.65. The van der Waals surface area contributed by atoms with E-state index in [-0.39, 0.29) is 37.5 Å². The summed E-state index contributed by atoms with van der Waals surface area (Å²) >= 11 is 0. The molecular formula is C33H36N6O4. The second-order valence-corrected chi connectivity index (χ2v) is 11.0. The highest BCUT2D eigenvalue weighted by Gasteiger charge is 2.52. The largest absolute Gasteiger partial charge is 0.490 e. The van der Waals surface area contributed by atoms with E-state index in [2.05, 4.69) is 16.8 Å². The average Bonchev–Trinajstić information content (AvgIpc) is 3.35. The van der Waals surface area contributed by atoms with Crippen molar-refractivity contribution < 1.29 is 19.1 Å². The molecule has 43 heavy (non-hydrogen) atoms. The summed E-state index contributed by atoms with van der Waals surface area (Å²) < 4.78 is 5.91. The molecule has 3 heterocycles. The van der Waals surface area contributed by atoms with Crippen LogP contribution in [-0.4, -0.2) is 83.7 Å². The highest BCUT2D eigenvalue weighted by atomic mass is 16.5. The van der Waals surface area contributed by atoms with Crippen LogP contribution >= 0.6 is 0 Å². The van der Waals surface area contributed by atoms with Crippen molar-refractivity contribution in [3.8, 4) is 5.75 Å². The van der Waals surface area contributed by atoms with Crippen LogP contribution in [0, 0.1) is 0 Å². The van der Waals surface area contributed by atoms with Crippen LogP contribution in [0.3, 0.4) is 0 Å². The first-order chi connectivity index (χ1) is 20.9. The smallest absolute Gasteiger partial charge is 0.332 e. The monoisotopic (exact) mass is 580 g/mol. The van der Waals surface area contributed by atoms with Crippen LogP contribution in [0.25, 0.3) is 0 Å². The standard InChI is InChI=1S/C33H36N6O4/c1-3-16-37(33(42)34-20-24-10-6-4-7-11-24)38-23-30(40)39-29(38)22-36(32(41)31(39)26-12-8-5-9-13-26)21-25-14-15-27-28(19-25)43-18-17-35(27)2/h3-15,19,29,31H,1,16-18,20-23H2,2H3,(H,34,42)/t29-,31+/m1/s1. The molecule has 4 amide bonds. The molecule has 10 heteroatoms. The number of hydrogen-bond donors (Lipinski definition) is 1. The second kappa shape index (κ2) is 12.2. The highest BCUT2D eigenvalue weighted by molar-refractivity contribution is 5.92. The Morgan fingerprint density at radius 1 is 1.05 bits per heavy atom. The number of likely N-dealkylation sites (N-methyl/N-ethyl adjacent to an activating group) is 1. The van der Waals surface area contributed by atoms with Crippen molar-refractivity contribution in [3.05, 3.63) is 108 Å². The van der Waals surface area contributed by atoms with Crippen molar-refractivity contribution in [1.82, 2.24) is 25.1 Å². The van der Waals surface area contributed by atoms with Crippen LogP contribution < -0.4 is 15.0 Å². The minimum atomic E-state index is -0.810. The molecule has 3 aromatic carbocycles. The second-order valence-electron chi connectivity index (χ2n) is 11.0. The maximum absolute atomic E-state index is 14.1. The summed E-state index contributed by atoms with van der Waals surface area (Å²) in [6, 6.07) is 23.9. The number of ether oxygens (including phenoxy) is 1. The number of anilines is 1.